The number of imidazole rings is 1. The summed E-state index contributed by atoms with van der Waals surface area (Å²) in [6.45, 7) is 5.87. The van der Waals surface area contributed by atoms with Crippen molar-refractivity contribution in [2.24, 2.45) is 11.8 Å². The number of thiophene rings is 1. The molecule has 3 rings (SSSR count). The molecular weight excluding hydrogens is 282 g/mol. The van der Waals surface area contributed by atoms with E-state index in [-0.39, 0.29) is 11.8 Å². The molecule has 3 atom stereocenters. The van der Waals surface area contributed by atoms with Crippen LogP contribution in [0.3, 0.4) is 0 Å². The Hall–Kier alpha value is -1.62. The molecule has 0 aromatic carbocycles. The molecule has 1 saturated carbocycles. The Kier molecular flexibility index (Phi) is 4.10. The predicted octanol–water partition coefficient (Wildman–Crippen LogP) is 2.81. The van der Waals surface area contributed by atoms with E-state index >= 15 is 0 Å². The Balaban J connectivity index is 1.43. The summed E-state index contributed by atoms with van der Waals surface area (Å²) in [6, 6.07) is 4.31. The van der Waals surface area contributed by atoms with E-state index in [0.29, 0.717) is 11.8 Å². The van der Waals surface area contributed by atoms with Crippen LogP contribution in [0.4, 0.5) is 0 Å². The van der Waals surface area contributed by atoms with Gasteiger partial charge in [0.2, 0.25) is 5.91 Å². The highest BCUT2D eigenvalue weighted by atomic mass is 32.1. The van der Waals surface area contributed by atoms with Crippen molar-refractivity contribution in [3.8, 4) is 0 Å². The fraction of sp³-hybridized carbons (Fsp3) is 0.500. The minimum atomic E-state index is 0.184. The molecule has 0 radical (unpaired) electrons. The molecule has 2 aromatic rings. The Morgan fingerprint density at radius 1 is 1.57 bits per heavy atom. The van der Waals surface area contributed by atoms with Gasteiger partial charge in [0.15, 0.2) is 0 Å². The topological polar surface area (TPSA) is 46.9 Å². The lowest BCUT2D eigenvalue weighted by Gasteiger charge is -2.13. The number of carbonyl (C=O) groups is 1. The van der Waals surface area contributed by atoms with Gasteiger partial charge in [-0.3, -0.25) is 4.79 Å². The number of aromatic nitrogens is 2. The number of hydrogen-bond donors (Lipinski definition) is 1. The highest BCUT2D eigenvalue weighted by molar-refractivity contribution is 7.12. The minimum absolute atomic E-state index is 0.184. The average molecular weight is 303 g/mol. The van der Waals surface area contributed by atoms with Gasteiger partial charge in [-0.1, -0.05) is 6.92 Å². The first-order valence-electron chi connectivity index (χ1n) is 7.43. The normalized spacial score (nSPS) is 22.0. The molecule has 2 heterocycles. The smallest absolute Gasteiger partial charge is 0.223 e. The van der Waals surface area contributed by atoms with Crippen LogP contribution in [0.2, 0.25) is 0 Å². The van der Waals surface area contributed by atoms with E-state index in [2.05, 4.69) is 36.3 Å². The third kappa shape index (κ3) is 3.53. The van der Waals surface area contributed by atoms with Gasteiger partial charge >= 0.3 is 0 Å². The molecule has 1 fully saturated rings. The Bertz CT molecular complexity index is 605. The summed E-state index contributed by atoms with van der Waals surface area (Å²) in [5.41, 5.74) is 0. The zero-order chi connectivity index (χ0) is 14.8. The summed E-state index contributed by atoms with van der Waals surface area (Å²) in [7, 11) is 0. The maximum absolute atomic E-state index is 12.2. The van der Waals surface area contributed by atoms with E-state index in [4.69, 9.17) is 0 Å². The molecule has 2 aromatic heterocycles. The number of amides is 1. The predicted molar refractivity (Wildman–Crippen MR) is 84.3 cm³/mol. The maximum atomic E-state index is 12.2. The van der Waals surface area contributed by atoms with Gasteiger partial charge in [-0.2, -0.15) is 0 Å². The Morgan fingerprint density at radius 2 is 2.43 bits per heavy atom. The number of carbonyl (C=O) groups excluding carboxylic acids is 1. The van der Waals surface area contributed by atoms with Gasteiger partial charge in [0.05, 0.1) is 6.33 Å². The number of hydrogen-bond acceptors (Lipinski definition) is 3. The van der Waals surface area contributed by atoms with Crippen LogP contribution < -0.4 is 5.32 Å². The molecule has 0 aliphatic heterocycles. The quantitative estimate of drug-likeness (QED) is 0.892. The summed E-state index contributed by atoms with van der Waals surface area (Å²) in [6.07, 6.45) is 6.55. The summed E-state index contributed by atoms with van der Waals surface area (Å²) < 4.78 is 2.05. The molecule has 0 saturated heterocycles. The van der Waals surface area contributed by atoms with Crippen LogP contribution in [0.15, 0.2) is 30.9 Å². The van der Waals surface area contributed by atoms with Crippen molar-refractivity contribution in [1.82, 2.24) is 14.9 Å². The highest BCUT2D eigenvalue weighted by Crippen LogP contribution is 2.49. The van der Waals surface area contributed by atoms with Crippen LogP contribution in [0, 0.1) is 18.8 Å². The average Bonchev–Trinajstić information content (AvgIpc) is 2.87. The zero-order valence-electron chi connectivity index (χ0n) is 12.5. The molecule has 0 unspecified atom stereocenters. The van der Waals surface area contributed by atoms with E-state index in [1.54, 1.807) is 6.20 Å². The summed E-state index contributed by atoms with van der Waals surface area (Å²) >= 11 is 1.82. The second kappa shape index (κ2) is 6.02. The molecule has 4 nitrogen and oxygen atoms in total. The molecule has 5 heteroatoms. The van der Waals surface area contributed by atoms with Crippen LogP contribution in [-0.2, 0) is 11.3 Å². The van der Waals surface area contributed by atoms with Crippen molar-refractivity contribution in [3.05, 3.63) is 40.6 Å². The molecule has 0 bridgehead atoms. The molecular formula is C16H21N3OS. The molecule has 1 aliphatic carbocycles. The number of aryl methyl sites for hydroxylation is 1. The van der Waals surface area contributed by atoms with E-state index in [0.717, 1.165) is 19.5 Å². The monoisotopic (exact) mass is 303 g/mol. The van der Waals surface area contributed by atoms with Crippen molar-refractivity contribution in [2.45, 2.75) is 32.7 Å². The molecule has 1 amide bonds. The summed E-state index contributed by atoms with van der Waals surface area (Å²) in [5, 5.41) is 3.10. The standard InChI is InChI=1S/C16H21N3OS/c1-11(9-19-6-5-17-10-19)8-18-16(20)14-7-13(14)15-4-3-12(2)21-15/h3-6,10-11,13-14H,7-9H2,1-2H3,(H,18,20)/t11-,13+,14-/m0/s1. The van der Waals surface area contributed by atoms with Crippen LogP contribution in [0.5, 0.6) is 0 Å². The van der Waals surface area contributed by atoms with Gasteiger partial charge in [0.25, 0.3) is 0 Å². The third-order valence-corrected chi connectivity index (χ3v) is 5.09. The van der Waals surface area contributed by atoms with Crippen LogP contribution in [0.1, 0.15) is 29.0 Å². The molecule has 1 N–H and O–H groups in total. The van der Waals surface area contributed by atoms with Gasteiger partial charge < -0.3 is 9.88 Å². The van der Waals surface area contributed by atoms with Gasteiger partial charge in [-0.15, -0.1) is 11.3 Å². The summed E-state index contributed by atoms with van der Waals surface area (Å²) in [4.78, 5) is 18.9. The Labute approximate surface area is 129 Å². The van der Waals surface area contributed by atoms with Gasteiger partial charge in [0, 0.05) is 47.1 Å². The first-order chi connectivity index (χ1) is 10.1. The largest absolute Gasteiger partial charge is 0.356 e. The fourth-order valence-corrected chi connectivity index (χ4v) is 3.73. The lowest BCUT2D eigenvalue weighted by Crippen LogP contribution is -2.31. The van der Waals surface area contributed by atoms with E-state index in [1.807, 2.05) is 28.4 Å². The fourth-order valence-electron chi connectivity index (χ4n) is 2.68. The van der Waals surface area contributed by atoms with Crippen molar-refractivity contribution in [3.63, 3.8) is 0 Å². The third-order valence-electron chi connectivity index (χ3n) is 3.96. The van der Waals surface area contributed by atoms with E-state index < -0.39 is 0 Å². The second-order valence-electron chi connectivity index (χ2n) is 6.01. The van der Waals surface area contributed by atoms with Gasteiger partial charge in [0.1, 0.15) is 0 Å². The van der Waals surface area contributed by atoms with Crippen molar-refractivity contribution in [2.75, 3.05) is 6.54 Å². The van der Waals surface area contributed by atoms with Gasteiger partial charge in [-0.25, -0.2) is 4.98 Å². The van der Waals surface area contributed by atoms with Crippen molar-refractivity contribution < 1.29 is 4.79 Å². The van der Waals surface area contributed by atoms with Crippen LogP contribution >= 0.6 is 11.3 Å². The molecule has 112 valence electrons. The first kappa shape index (κ1) is 14.3. The summed E-state index contributed by atoms with van der Waals surface area (Å²) in [5.74, 6) is 1.25. The Morgan fingerprint density at radius 3 is 3.10 bits per heavy atom. The van der Waals surface area contributed by atoms with Crippen LogP contribution in [0.25, 0.3) is 0 Å². The second-order valence-corrected chi connectivity index (χ2v) is 7.33. The number of nitrogens with one attached hydrogen (secondary N) is 1. The highest BCUT2D eigenvalue weighted by Gasteiger charge is 2.44. The van der Waals surface area contributed by atoms with Crippen molar-refractivity contribution >= 4 is 17.2 Å². The maximum Gasteiger partial charge on any atom is 0.223 e. The first-order valence-corrected chi connectivity index (χ1v) is 8.25. The molecule has 1 aliphatic rings. The number of nitrogens with zero attached hydrogens (tertiary/aromatic N) is 2. The number of rotatable bonds is 6. The lowest BCUT2D eigenvalue weighted by molar-refractivity contribution is -0.122. The van der Waals surface area contributed by atoms with Crippen molar-refractivity contribution in [1.29, 1.82) is 0 Å². The SMILES string of the molecule is Cc1ccc([C@@H]2C[C@@H]2C(=O)NC[C@H](C)Cn2ccnc2)s1. The minimum Gasteiger partial charge on any atom is -0.356 e. The van der Waals surface area contributed by atoms with E-state index in [1.165, 1.54) is 9.75 Å². The molecule has 21 heavy (non-hydrogen) atoms. The van der Waals surface area contributed by atoms with E-state index in [9.17, 15) is 4.79 Å². The molecule has 0 spiro atoms. The van der Waals surface area contributed by atoms with Crippen LogP contribution in [-0.4, -0.2) is 22.0 Å². The lowest BCUT2D eigenvalue weighted by atomic mass is 10.1. The van der Waals surface area contributed by atoms with Gasteiger partial charge in [-0.05, 0) is 31.4 Å². The zero-order valence-corrected chi connectivity index (χ0v) is 13.3.